The van der Waals surface area contributed by atoms with Gasteiger partial charge >= 0.3 is 0 Å². The van der Waals surface area contributed by atoms with Gasteiger partial charge in [-0.15, -0.1) is 0 Å². The van der Waals surface area contributed by atoms with Gasteiger partial charge in [-0.2, -0.15) is 0 Å². The van der Waals surface area contributed by atoms with Crippen LogP contribution in [0.4, 0.5) is 0 Å². The number of nitrogens with zero attached hydrogens (tertiary/aromatic N) is 2. The van der Waals surface area contributed by atoms with Crippen molar-refractivity contribution in [1.29, 1.82) is 0 Å². The van der Waals surface area contributed by atoms with Gasteiger partial charge in [0.1, 0.15) is 0 Å². The normalized spacial score (nSPS) is 28.3. The van der Waals surface area contributed by atoms with E-state index in [1.54, 1.807) is 0 Å². The lowest BCUT2D eigenvalue weighted by Gasteiger charge is -2.37. The van der Waals surface area contributed by atoms with Crippen molar-refractivity contribution in [3.05, 3.63) is 0 Å². The largest absolute Gasteiger partial charge is 0.341 e. The Morgan fingerprint density at radius 1 is 1.20 bits per heavy atom. The van der Waals surface area contributed by atoms with Gasteiger partial charge in [-0.25, -0.2) is 0 Å². The molecule has 2 aliphatic heterocycles. The van der Waals surface area contributed by atoms with Crippen molar-refractivity contribution in [3.8, 4) is 0 Å². The molecular weight excluding hydrogens is 188 g/mol. The van der Waals surface area contributed by atoms with Crippen molar-refractivity contribution in [2.75, 3.05) is 26.2 Å². The first-order valence-electron chi connectivity index (χ1n) is 6.33. The molecular formula is C12H22N2O. The number of amides is 1. The summed E-state index contributed by atoms with van der Waals surface area (Å²) in [4.78, 5) is 16.3. The summed E-state index contributed by atoms with van der Waals surface area (Å²) in [6, 6.07) is 0.650. The Labute approximate surface area is 92.4 Å². The summed E-state index contributed by atoms with van der Waals surface area (Å²) in [5.41, 5.74) is 0. The molecule has 0 radical (unpaired) electrons. The highest BCUT2D eigenvalue weighted by Gasteiger charge is 2.28. The van der Waals surface area contributed by atoms with Crippen molar-refractivity contribution < 1.29 is 4.79 Å². The fourth-order valence-electron chi connectivity index (χ4n) is 2.81. The van der Waals surface area contributed by atoms with E-state index in [1.165, 1.54) is 38.8 Å². The molecule has 3 nitrogen and oxygen atoms in total. The number of hydrogen-bond acceptors (Lipinski definition) is 2. The topological polar surface area (TPSA) is 23.6 Å². The fourth-order valence-corrected chi connectivity index (χ4v) is 2.81. The lowest BCUT2D eigenvalue weighted by atomic mass is 10.0. The van der Waals surface area contributed by atoms with Gasteiger partial charge in [-0.1, -0.05) is 6.92 Å². The Balaban J connectivity index is 1.88. The molecule has 0 aliphatic carbocycles. The predicted octanol–water partition coefficient (Wildman–Crippen LogP) is 1.48. The van der Waals surface area contributed by atoms with E-state index in [1.807, 2.05) is 6.92 Å². The molecule has 2 aliphatic rings. The summed E-state index contributed by atoms with van der Waals surface area (Å²) in [6.07, 6.45) is 5.82. The van der Waals surface area contributed by atoms with Crippen LogP contribution in [0, 0.1) is 0 Å². The number of hydrogen-bond donors (Lipinski definition) is 0. The first kappa shape index (κ1) is 10.9. The maximum atomic E-state index is 11.6. The minimum Gasteiger partial charge on any atom is -0.341 e. The van der Waals surface area contributed by atoms with Crippen LogP contribution in [-0.2, 0) is 4.79 Å². The Bertz CT molecular complexity index is 224. The monoisotopic (exact) mass is 210 g/mol. The van der Waals surface area contributed by atoms with E-state index in [0.717, 1.165) is 13.1 Å². The van der Waals surface area contributed by atoms with Crippen molar-refractivity contribution in [2.24, 2.45) is 0 Å². The summed E-state index contributed by atoms with van der Waals surface area (Å²) in [5, 5.41) is 0. The van der Waals surface area contributed by atoms with E-state index in [-0.39, 0.29) is 0 Å². The van der Waals surface area contributed by atoms with Crippen LogP contribution in [0.2, 0.25) is 0 Å². The van der Waals surface area contributed by atoms with Crippen molar-refractivity contribution in [3.63, 3.8) is 0 Å². The number of likely N-dealkylation sites (tertiary alicyclic amines) is 2. The smallest absolute Gasteiger partial charge is 0.222 e. The third kappa shape index (κ3) is 2.51. The second-order valence-corrected chi connectivity index (χ2v) is 4.73. The minimum atomic E-state index is 0.332. The van der Waals surface area contributed by atoms with Crippen molar-refractivity contribution >= 4 is 5.91 Å². The highest BCUT2D eigenvalue weighted by Crippen LogP contribution is 2.20. The highest BCUT2D eigenvalue weighted by molar-refractivity contribution is 5.75. The third-order valence-corrected chi connectivity index (χ3v) is 3.71. The van der Waals surface area contributed by atoms with Crippen molar-refractivity contribution in [1.82, 2.24) is 9.80 Å². The molecule has 1 unspecified atom stereocenters. The maximum Gasteiger partial charge on any atom is 0.222 e. The van der Waals surface area contributed by atoms with Crippen LogP contribution in [0.5, 0.6) is 0 Å². The standard InChI is InChI=1S/C12H22N2O/c1-2-12(15)14-9-5-6-11(10-14)13-7-3-4-8-13/h11H,2-10H2,1H3. The average Bonchev–Trinajstić information content (AvgIpc) is 2.82. The zero-order chi connectivity index (χ0) is 10.7. The second-order valence-electron chi connectivity index (χ2n) is 4.73. The SMILES string of the molecule is CCC(=O)N1CCCC(N2CCCC2)C1. The van der Waals surface area contributed by atoms with Gasteiger partial charge in [0.2, 0.25) is 5.91 Å². The number of piperidine rings is 1. The lowest BCUT2D eigenvalue weighted by Crippen LogP contribution is -2.48. The number of rotatable bonds is 2. The first-order valence-corrected chi connectivity index (χ1v) is 6.33. The average molecular weight is 210 g/mol. The molecule has 0 bridgehead atoms. The molecule has 1 amide bonds. The van der Waals surface area contributed by atoms with Crippen LogP contribution in [0.15, 0.2) is 0 Å². The summed E-state index contributed by atoms with van der Waals surface area (Å²) in [7, 11) is 0. The highest BCUT2D eigenvalue weighted by atomic mass is 16.2. The molecule has 0 N–H and O–H groups in total. The molecule has 2 rings (SSSR count). The van der Waals surface area contributed by atoms with Gasteiger partial charge < -0.3 is 4.90 Å². The van der Waals surface area contributed by atoms with Crippen LogP contribution in [-0.4, -0.2) is 47.9 Å². The van der Waals surface area contributed by atoms with Crippen molar-refractivity contribution in [2.45, 2.75) is 45.1 Å². The molecule has 0 saturated carbocycles. The molecule has 86 valence electrons. The van der Waals surface area contributed by atoms with Gasteiger partial charge in [0.25, 0.3) is 0 Å². The zero-order valence-electron chi connectivity index (χ0n) is 9.74. The van der Waals surface area contributed by atoms with E-state index >= 15 is 0 Å². The summed E-state index contributed by atoms with van der Waals surface area (Å²) in [6.45, 7) is 6.42. The fraction of sp³-hybridized carbons (Fsp3) is 0.917. The molecule has 1 atom stereocenters. The zero-order valence-corrected chi connectivity index (χ0v) is 9.74. The molecule has 0 spiro atoms. The van der Waals surface area contributed by atoms with Gasteiger partial charge in [-0.05, 0) is 38.8 Å². The van der Waals surface area contributed by atoms with Crippen LogP contribution >= 0.6 is 0 Å². The molecule has 0 aromatic rings. The van der Waals surface area contributed by atoms with E-state index in [0.29, 0.717) is 18.4 Å². The van der Waals surface area contributed by atoms with E-state index in [4.69, 9.17) is 0 Å². The molecule has 2 heterocycles. The summed E-state index contributed by atoms with van der Waals surface area (Å²) in [5.74, 6) is 0.332. The molecule has 0 aromatic carbocycles. The number of carbonyl (C=O) groups excluding carboxylic acids is 1. The molecule has 3 heteroatoms. The lowest BCUT2D eigenvalue weighted by molar-refractivity contribution is -0.132. The second kappa shape index (κ2) is 4.97. The van der Waals surface area contributed by atoms with E-state index in [2.05, 4.69) is 9.80 Å². The Morgan fingerprint density at radius 3 is 2.60 bits per heavy atom. The quantitative estimate of drug-likeness (QED) is 0.689. The third-order valence-electron chi connectivity index (χ3n) is 3.71. The van der Waals surface area contributed by atoms with Gasteiger partial charge in [-0.3, -0.25) is 9.69 Å². The maximum absolute atomic E-state index is 11.6. The van der Waals surface area contributed by atoms with Crippen LogP contribution < -0.4 is 0 Å². The Hall–Kier alpha value is -0.570. The Kier molecular flexibility index (Phi) is 3.62. The van der Waals surface area contributed by atoms with Crippen LogP contribution in [0.1, 0.15) is 39.0 Å². The molecule has 2 saturated heterocycles. The van der Waals surface area contributed by atoms with Gasteiger partial charge in [0.05, 0.1) is 0 Å². The summed E-state index contributed by atoms with van der Waals surface area (Å²) >= 11 is 0. The van der Waals surface area contributed by atoms with E-state index in [9.17, 15) is 4.79 Å². The molecule has 2 fully saturated rings. The van der Waals surface area contributed by atoms with Gasteiger partial charge in [0.15, 0.2) is 0 Å². The minimum absolute atomic E-state index is 0.332. The first-order chi connectivity index (χ1) is 7.31. The summed E-state index contributed by atoms with van der Waals surface area (Å²) < 4.78 is 0. The molecule has 15 heavy (non-hydrogen) atoms. The van der Waals surface area contributed by atoms with Crippen LogP contribution in [0.25, 0.3) is 0 Å². The predicted molar refractivity (Wildman–Crippen MR) is 60.7 cm³/mol. The van der Waals surface area contributed by atoms with Crippen LogP contribution in [0.3, 0.4) is 0 Å². The van der Waals surface area contributed by atoms with Gasteiger partial charge in [0, 0.05) is 25.6 Å². The Morgan fingerprint density at radius 2 is 1.93 bits per heavy atom. The number of carbonyl (C=O) groups is 1. The van der Waals surface area contributed by atoms with E-state index < -0.39 is 0 Å². The molecule has 0 aromatic heterocycles.